The summed E-state index contributed by atoms with van der Waals surface area (Å²) in [6, 6.07) is 5.32. The smallest absolute Gasteiger partial charge is 0.274 e. The zero-order chi connectivity index (χ0) is 20.4. The Morgan fingerprint density at radius 2 is 2.00 bits per heavy atom. The normalized spacial score (nSPS) is 14.9. The first-order chi connectivity index (χ1) is 14.1. The lowest BCUT2D eigenvalue weighted by Crippen LogP contribution is -2.40. The zero-order valence-corrected chi connectivity index (χ0v) is 16.6. The number of nitrogens with zero attached hydrogens (tertiary/aromatic N) is 7. The summed E-state index contributed by atoms with van der Waals surface area (Å²) in [5.41, 5.74) is 2.34. The molecule has 1 aliphatic rings. The van der Waals surface area contributed by atoms with Gasteiger partial charge in [0.2, 0.25) is 5.88 Å². The number of likely N-dealkylation sites (tertiary alicyclic amines) is 1. The average Bonchev–Trinajstić information content (AvgIpc) is 3.40. The Bertz CT molecular complexity index is 988. The Hall–Kier alpha value is -3.27. The summed E-state index contributed by atoms with van der Waals surface area (Å²) in [4.78, 5) is 19.1. The topological polar surface area (TPSA) is 100 Å². The van der Waals surface area contributed by atoms with Crippen LogP contribution >= 0.6 is 0 Å². The molecule has 0 saturated carbocycles. The number of piperidine rings is 1. The molecule has 10 nitrogen and oxygen atoms in total. The molecule has 4 rings (SSSR count). The highest BCUT2D eigenvalue weighted by Gasteiger charge is 2.27. The van der Waals surface area contributed by atoms with Gasteiger partial charge in [0.05, 0.1) is 37.0 Å². The summed E-state index contributed by atoms with van der Waals surface area (Å²) in [7, 11) is 5.06. The van der Waals surface area contributed by atoms with E-state index in [0.717, 1.165) is 12.8 Å². The molecule has 0 unspecified atom stereocenters. The molecule has 1 saturated heterocycles. The van der Waals surface area contributed by atoms with E-state index in [1.807, 2.05) is 11.0 Å². The van der Waals surface area contributed by atoms with Gasteiger partial charge in [-0.05, 0) is 25.0 Å². The highest BCUT2D eigenvalue weighted by atomic mass is 16.5. The van der Waals surface area contributed by atoms with Crippen molar-refractivity contribution in [1.29, 1.82) is 0 Å². The van der Waals surface area contributed by atoms with Crippen molar-refractivity contribution in [3.05, 3.63) is 36.3 Å². The summed E-state index contributed by atoms with van der Waals surface area (Å²) < 4.78 is 13.8. The third-order valence-electron chi connectivity index (χ3n) is 5.03. The molecule has 0 spiro atoms. The van der Waals surface area contributed by atoms with Crippen molar-refractivity contribution in [2.24, 2.45) is 7.05 Å². The summed E-state index contributed by atoms with van der Waals surface area (Å²) in [6.07, 6.45) is 5.27. The number of aromatic nitrogens is 6. The van der Waals surface area contributed by atoms with Crippen LogP contribution in [0.15, 0.2) is 30.6 Å². The predicted octanol–water partition coefficient (Wildman–Crippen LogP) is 1.32. The van der Waals surface area contributed by atoms with Gasteiger partial charge in [-0.1, -0.05) is 5.21 Å². The number of hydrogen-bond donors (Lipinski definition) is 0. The maximum Gasteiger partial charge on any atom is 0.274 e. The van der Waals surface area contributed by atoms with E-state index in [0.29, 0.717) is 41.7 Å². The van der Waals surface area contributed by atoms with Gasteiger partial charge in [0, 0.05) is 33.3 Å². The minimum Gasteiger partial charge on any atom is -0.481 e. The van der Waals surface area contributed by atoms with E-state index in [-0.39, 0.29) is 12.0 Å². The fourth-order valence-corrected chi connectivity index (χ4v) is 3.40. The number of carbonyl (C=O) groups excluding carboxylic acids is 1. The van der Waals surface area contributed by atoms with E-state index < -0.39 is 0 Å². The van der Waals surface area contributed by atoms with Gasteiger partial charge in [0.25, 0.3) is 5.91 Å². The predicted molar refractivity (Wildman–Crippen MR) is 104 cm³/mol. The van der Waals surface area contributed by atoms with Crippen LogP contribution in [0.2, 0.25) is 0 Å². The third-order valence-corrected chi connectivity index (χ3v) is 5.03. The maximum absolute atomic E-state index is 13.1. The minimum atomic E-state index is -0.107. The molecule has 29 heavy (non-hydrogen) atoms. The molecule has 1 fully saturated rings. The first-order valence-corrected chi connectivity index (χ1v) is 9.38. The minimum absolute atomic E-state index is 0.107. The van der Waals surface area contributed by atoms with Gasteiger partial charge in [-0.15, -0.1) is 5.10 Å². The lowest BCUT2D eigenvalue weighted by Gasteiger charge is -2.30. The SMILES string of the molecule is COc1ccc(-n2nc(C(=O)N3CCC(OC)CC3)cc2-c2cn(C)nn2)cn1. The Morgan fingerprint density at radius 1 is 1.21 bits per heavy atom. The van der Waals surface area contributed by atoms with E-state index in [1.165, 1.54) is 0 Å². The molecule has 3 aromatic heterocycles. The van der Waals surface area contributed by atoms with E-state index in [2.05, 4.69) is 20.4 Å². The first-order valence-electron chi connectivity index (χ1n) is 9.38. The zero-order valence-electron chi connectivity index (χ0n) is 16.6. The van der Waals surface area contributed by atoms with Crippen molar-refractivity contribution in [1.82, 2.24) is 34.7 Å². The number of pyridine rings is 1. The van der Waals surface area contributed by atoms with Crippen molar-refractivity contribution in [2.45, 2.75) is 18.9 Å². The van der Waals surface area contributed by atoms with Crippen molar-refractivity contribution in [3.8, 4) is 23.0 Å². The van der Waals surface area contributed by atoms with E-state index in [9.17, 15) is 4.79 Å². The van der Waals surface area contributed by atoms with Gasteiger partial charge in [0.15, 0.2) is 5.69 Å². The lowest BCUT2D eigenvalue weighted by molar-refractivity contribution is 0.0347. The molecule has 152 valence electrons. The number of methoxy groups -OCH3 is 2. The van der Waals surface area contributed by atoms with Crippen LogP contribution < -0.4 is 4.74 Å². The summed E-state index contributed by atoms with van der Waals surface area (Å²) >= 11 is 0. The highest BCUT2D eigenvalue weighted by molar-refractivity contribution is 5.93. The summed E-state index contributed by atoms with van der Waals surface area (Å²) in [5, 5.41) is 12.7. The van der Waals surface area contributed by atoms with Gasteiger partial charge in [-0.2, -0.15) is 5.10 Å². The second-order valence-electron chi connectivity index (χ2n) is 6.89. The van der Waals surface area contributed by atoms with Gasteiger partial charge in [0.1, 0.15) is 5.69 Å². The van der Waals surface area contributed by atoms with Gasteiger partial charge in [-0.25, -0.2) is 9.67 Å². The number of rotatable bonds is 5. The molecular weight excluding hydrogens is 374 g/mol. The van der Waals surface area contributed by atoms with Crippen LogP contribution in [0.3, 0.4) is 0 Å². The molecule has 0 aromatic carbocycles. The fourth-order valence-electron chi connectivity index (χ4n) is 3.40. The Morgan fingerprint density at radius 3 is 2.59 bits per heavy atom. The lowest BCUT2D eigenvalue weighted by atomic mass is 10.1. The van der Waals surface area contributed by atoms with Crippen molar-refractivity contribution in [3.63, 3.8) is 0 Å². The number of carbonyl (C=O) groups is 1. The second kappa shape index (κ2) is 8.00. The average molecular weight is 397 g/mol. The van der Waals surface area contributed by atoms with Crippen LogP contribution in [0.1, 0.15) is 23.3 Å². The largest absolute Gasteiger partial charge is 0.481 e. The Balaban J connectivity index is 1.68. The Labute approximate surface area is 168 Å². The van der Waals surface area contributed by atoms with Crippen molar-refractivity contribution in [2.75, 3.05) is 27.3 Å². The third kappa shape index (κ3) is 3.83. The number of ether oxygens (including phenoxy) is 2. The molecule has 0 radical (unpaired) electrons. The van der Waals surface area contributed by atoms with Crippen LogP contribution in [0.25, 0.3) is 17.1 Å². The molecular formula is C19H23N7O3. The molecule has 3 aromatic rings. The van der Waals surface area contributed by atoms with Crippen LogP contribution in [0.5, 0.6) is 5.88 Å². The molecule has 0 aliphatic carbocycles. The van der Waals surface area contributed by atoms with Crippen LogP contribution in [-0.4, -0.2) is 74.0 Å². The van der Waals surface area contributed by atoms with Crippen LogP contribution in [0, 0.1) is 0 Å². The molecule has 4 heterocycles. The molecule has 1 aliphatic heterocycles. The van der Waals surface area contributed by atoms with Gasteiger partial charge in [-0.3, -0.25) is 9.48 Å². The Kier molecular flexibility index (Phi) is 5.26. The second-order valence-corrected chi connectivity index (χ2v) is 6.89. The van der Waals surface area contributed by atoms with Crippen LogP contribution in [0.4, 0.5) is 0 Å². The molecule has 0 bridgehead atoms. The van der Waals surface area contributed by atoms with Gasteiger partial charge < -0.3 is 14.4 Å². The standard InChI is InChI=1S/C19H23N7O3/c1-24-12-16(21-23-24)17-10-15(19(27)25-8-6-14(28-2)7-9-25)22-26(17)13-4-5-18(29-3)20-11-13/h4-5,10-12,14H,6-9H2,1-3H3. The molecule has 0 N–H and O–H groups in total. The number of aryl methyl sites for hydroxylation is 1. The maximum atomic E-state index is 13.1. The highest BCUT2D eigenvalue weighted by Crippen LogP contribution is 2.24. The van der Waals surface area contributed by atoms with Crippen molar-refractivity contribution < 1.29 is 14.3 Å². The van der Waals surface area contributed by atoms with Crippen LogP contribution in [-0.2, 0) is 11.8 Å². The fraction of sp³-hybridized carbons (Fsp3) is 0.421. The molecule has 10 heteroatoms. The van der Waals surface area contributed by atoms with Gasteiger partial charge >= 0.3 is 0 Å². The van der Waals surface area contributed by atoms with E-state index >= 15 is 0 Å². The first kappa shape index (κ1) is 19.1. The van der Waals surface area contributed by atoms with E-state index in [1.54, 1.807) is 55.2 Å². The number of hydrogen-bond acceptors (Lipinski definition) is 7. The quantitative estimate of drug-likeness (QED) is 0.640. The van der Waals surface area contributed by atoms with Crippen molar-refractivity contribution >= 4 is 5.91 Å². The summed E-state index contributed by atoms with van der Waals surface area (Å²) in [5.74, 6) is 0.393. The monoisotopic (exact) mass is 397 g/mol. The number of amides is 1. The summed E-state index contributed by atoms with van der Waals surface area (Å²) in [6.45, 7) is 1.30. The molecule has 1 amide bonds. The molecule has 0 atom stereocenters. The van der Waals surface area contributed by atoms with E-state index in [4.69, 9.17) is 9.47 Å².